The maximum Gasteiger partial charge on any atom is 0.240 e. The van der Waals surface area contributed by atoms with E-state index in [0.717, 1.165) is 12.8 Å². The first-order chi connectivity index (χ1) is 16.5. The zero-order chi connectivity index (χ0) is 24.0. The van der Waals surface area contributed by atoms with Crippen molar-refractivity contribution in [1.82, 2.24) is 14.8 Å². The number of ether oxygens (including phenoxy) is 1. The van der Waals surface area contributed by atoms with Crippen LogP contribution < -0.4 is 4.74 Å². The fourth-order valence-electron chi connectivity index (χ4n) is 4.91. The molecule has 2 saturated heterocycles. The van der Waals surface area contributed by atoms with Gasteiger partial charge in [0.25, 0.3) is 0 Å². The van der Waals surface area contributed by atoms with E-state index in [0.29, 0.717) is 37.4 Å². The van der Waals surface area contributed by atoms with E-state index in [4.69, 9.17) is 4.74 Å². The average molecular weight is 466 g/mol. The molecule has 0 bridgehead atoms. The van der Waals surface area contributed by atoms with Crippen LogP contribution in [0.4, 0.5) is 0 Å². The number of aliphatic hydroxyl groups excluding tert-OH is 1. The van der Waals surface area contributed by atoms with E-state index in [1.165, 1.54) is 4.90 Å². The molecule has 1 aromatic heterocycles. The van der Waals surface area contributed by atoms with E-state index in [2.05, 4.69) is 4.98 Å². The minimum Gasteiger partial charge on any atom is -0.492 e. The topological polar surface area (TPSA) is 100 Å². The third-order valence-corrected chi connectivity index (χ3v) is 6.75. The number of pyridine rings is 1. The fourth-order valence-corrected chi connectivity index (χ4v) is 4.91. The first-order valence-corrected chi connectivity index (χ1v) is 11.9. The second kappa shape index (κ2) is 10.8. The highest BCUT2D eigenvalue weighted by Gasteiger charge is 2.54. The summed E-state index contributed by atoms with van der Waals surface area (Å²) in [6.45, 7) is 1.71. The zero-order valence-corrected chi connectivity index (χ0v) is 19.3. The van der Waals surface area contributed by atoms with Crippen LogP contribution in [0.25, 0.3) is 0 Å². The van der Waals surface area contributed by atoms with Crippen LogP contribution in [-0.2, 0) is 19.8 Å². The smallest absolute Gasteiger partial charge is 0.240 e. The molecular weight excluding hydrogens is 434 g/mol. The second-order valence-corrected chi connectivity index (χ2v) is 9.07. The quantitative estimate of drug-likeness (QED) is 0.450. The van der Waals surface area contributed by atoms with Crippen LogP contribution in [0.5, 0.6) is 5.75 Å². The summed E-state index contributed by atoms with van der Waals surface area (Å²) in [5, 5.41) is 9.53. The predicted molar refractivity (Wildman–Crippen MR) is 125 cm³/mol. The molecule has 1 N–H and O–H groups in total. The molecule has 0 spiro atoms. The number of amides is 3. The van der Waals surface area contributed by atoms with Gasteiger partial charge in [-0.25, -0.2) is 0 Å². The van der Waals surface area contributed by atoms with Crippen LogP contribution >= 0.6 is 0 Å². The lowest BCUT2D eigenvalue weighted by molar-refractivity contribution is -0.143. The summed E-state index contributed by atoms with van der Waals surface area (Å²) in [5.41, 5.74) is -0.516. The number of carbonyl (C=O) groups excluding carboxylic acids is 3. The number of nitrogens with zero attached hydrogens (tertiary/aromatic N) is 3. The number of benzene rings is 1. The number of piperidine rings is 1. The largest absolute Gasteiger partial charge is 0.492 e. The molecule has 34 heavy (non-hydrogen) atoms. The monoisotopic (exact) mass is 465 g/mol. The fraction of sp³-hybridized carbons (Fsp3) is 0.462. The molecular formula is C26H31N3O5. The highest BCUT2D eigenvalue weighted by atomic mass is 16.5. The van der Waals surface area contributed by atoms with Crippen LogP contribution in [0.2, 0.25) is 0 Å². The van der Waals surface area contributed by atoms with Gasteiger partial charge in [-0.3, -0.25) is 24.3 Å². The molecule has 3 amide bonds. The third-order valence-electron chi connectivity index (χ3n) is 6.75. The molecule has 2 atom stereocenters. The van der Waals surface area contributed by atoms with E-state index < -0.39 is 5.41 Å². The summed E-state index contributed by atoms with van der Waals surface area (Å²) < 4.78 is 5.64. The number of carbonyl (C=O) groups is 3. The van der Waals surface area contributed by atoms with Gasteiger partial charge >= 0.3 is 0 Å². The molecule has 3 heterocycles. The Morgan fingerprint density at radius 2 is 2.00 bits per heavy atom. The van der Waals surface area contributed by atoms with Gasteiger partial charge in [-0.2, -0.15) is 0 Å². The zero-order valence-electron chi connectivity index (χ0n) is 19.3. The van der Waals surface area contributed by atoms with Gasteiger partial charge in [0.1, 0.15) is 5.75 Å². The standard InChI is InChI=1S/C26H31N3O5/c30-19-20-7-5-12-28(18-20)23(31)15-26(21-8-2-1-3-9-21)16-24(32)29(25(26)33)13-6-14-34-22-10-4-11-27-17-22/h1-4,8-11,17,20,30H,5-7,12-16,18-19H2/t20-,26-/m0/s1. The lowest BCUT2D eigenvalue weighted by Gasteiger charge is -2.35. The minimum absolute atomic E-state index is 0.0255. The van der Waals surface area contributed by atoms with Crippen LogP contribution in [0.15, 0.2) is 54.9 Å². The molecule has 8 heteroatoms. The summed E-state index contributed by atoms with van der Waals surface area (Å²) >= 11 is 0. The van der Waals surface area contributed by atoms with Gasteiger partial charge in [0.15, 0.2) is 0 Å². The Morgan fingerprint density at radius 3 is 2.74 bits per heavy atom. The molecule has 180 valence electrons. The number of likely N-dealkylation sites (tertiary alicyclic amines) is 2. The maximum absolute atomic E-state index is 13.7. The van der Waals surface area contributed by atoms with Gasteiger partial charge in [-0.1, -0.05) is 30.3 Å². The summed E-state index contributed by atoms with van der Waals surface area (Å²) in [6, 6.07) is 12.7. The van der Waals surface area contributed by atoms with E-state index in [9.17, 15) is 19.5 Å². The van der Waals surface area contributed by atoms with Gasteiger partial charge in [-0.15, -0.1) is 0 Å². The van der Waals surface area contributed by atoms with Crippen molar-refractivity contribution < 1.29 is 24.2 Å². The Bertz CT molecular complexity index is 1000. The number of aliphatic hydroxyl groups is 1. The van der Waals surface area contributed by atoms with Crippen molar-refractivity contribution in [3.63, 3.8) is 0 Å². The first-order valence-electron chi connectivity index (χ1n) is 11.9. The van der Waals surface area contributed by atoms with Crippen molar-refractivity contribution in [3.05, 3.63) is 60.4 Å². The molecule has 0 radical (unpaired) electrons. The van der Waals surface area contributed by atoms with Gasteiger partial charge in [0, 0.05) is 45.3 Å². The van der Waals surface area contributed by atoms with Crippen molar-refractivity contribution in [3.8, 4) is 5.75 Å². The molecule has 0 unspecified atom stereocenters. The average Bonchev–Trinajstić information content (AvgIpc) is 3.12. The molecule has 8 nitrogen and oxygen atoms in total. The molecule has 2 fully saturated rings. The van der Waals surface area contributed by atoms with Crippen molar-refractivity contribution in [2.45, 2.75) is 37.5 Å². The number of hydrogen-bond donors (Lipinski definition) is 1. The van der Waals surface area contributed by atoms with E-state index in [1.54, 1.807) is 29.4 Å². The molecule has 2 aromatic rings. The number of aromatic nitrogens is 1. The molecule has 0 aliphatic carbocycles. The molecule has 0 saturated carbocycles. The lowest BCUT2D eigenvalue weighted by Crippen LogP contribution is -2.46. The van der Waals surface area contributed by atoms with Gasteiger partial charge in [0.05, 0.1) is 18.2 Å². The van der Waals surface area contributed by atoms with Gasteiger partial charge in [-0.05, 0) is 42.9 Å². The second-order valence-electron chi connectivity index (χ2n) is 9.07. The number of imide groups is 1. The highest BCUT2D eigenvalue weighted by Crippen LogP contribution is 2.40. The summed E-state index contributed by atoms with van der Waals surface area (Å²) in [7, 11) is 0. The van der Waals surface area contributed by atoms with Crippen LogP contribution in [-0.4, -0.2) is 70.5 Å². The van der Waals surface area contributed by atoms with Crippen LogP contribution in [0, 0.1) is 5.92 Å². The third kappa shape index (κ3) is 5.12. The normalized spacial score (nSPS) is 22.8. The van der Waals surface area contributed by atoms with Crippen molar-refractivity contribution in [2.75, 3.05) is 32.8 Å². The van der Waals surface area contributed by atoms with Gasteiger partial charge < -0.3 is 14.7 Å². The Balaban J connectivity index is 1.47. The molecule has 2 aliphatic rings. The molecule has 4 rings (SSSR count). The molecule has 2 aliphatic heterocycles. The summed E-state index contributed by atoms with van der Waals surface area (Å²) in [4.78, 5) is 47.0. The SMILES string of the molecule is O=C(C[C@@]1(c2ccccc2)CC(=O)N(CCCOc2cccnc2)C1=O)N1CCC[C@H](CO)C1. The first kappa shape index (κ1) is 23.9. The Morgan fingerprint density at radius 1 is 1.18 bits per heavy atom. The Labute approximate surface area is 199 Å². The van der Waals surface area contributed by atoms with E-state index >= 15 is 0 Å². The number of rotatable bonds is 9. The van der Waals surface area contributed by atoms with Crippen LogP contribution in [0.1, 0.15) is 37.7 Å². The molecule has 1 aromatic carbocycles. The Kier molecular flexibility index (Phi) is 7.57. The van der Waals surface area contributed by atoms with Gasteiger partial charge in [0.2, 0.25) is 17.7 Å². The van der Waals surface area contributed by atoms with Crippen LogP contribution in [0.3, 0.4) is 0 Å². The number of hydrogen-bond acceptors (Lipinski definition) is 6. The predicted octanol–water partition coefficient (Wildman–Crippen LogP) is 2.17. The van der Waals surface area contributed by atoms with Crippen molar-refractivity contribution in [1.29, 1.82) is 0 Å². The lowest BCUT2D eigenvalue weighted by atomic mass is 9.75. The maximum atomic E-state index is 13.7. The van der Waals surface area contributed by atoms with Crippen molar-refractivity contribution in [2.24, 2.45) is 5.92 Å². The highest BCUT2D eigenvalue weighted by molar-refractivity contribution is 6.10. The van der Waals surface area contributed by atoms with E-state index in [1.807, 2.05) is 30.3 Å². The van der Waals surface area contributed by atoms with Crippen molar-refractivity contribution >= 4 is 17.7 Å². The van der Waals surface area contributed by atoms with E-state index in [-0.39, 0.29) is 49.6 Å². The minimum atomic E-state index is -1.20. The summed E-state index contributed by atoms with van der Waals surface area (Å²) in [6.07, 6.45) is 5.38. The Hall–Kier alpha value is -3.26. The summed E-state index contributed by atoms with van der Waals surface area (Å²) in [5.74, 6) is -0.0508.